The Morgan fingerprint density at radius 3 is 2.44 bits per heavy atom. The van der Waals surface area contributed by atoms with Gasteiger partial charge in [-0.2, -0.15) is 5.10 Å². The second-order valence-electron chi connectivity index (χ2n) is 7.00. The van der Waals surface area contributed by atoms with Crippen LogP contribution in [0.25, 0.3) is 5.69 Å². The summed E-state index contributed by atoms with van der Waals surface area (Å²) in [5.41, 5.74) is 7.10. The lowest BCUT2D eigenvalue weighted by Crippen LogP contribution is -2.19. The molecule has 0 aliphatic heterocycles. The molecule has 0 fully saturated rings. The summed E-state index contributed by atoms with van der Waals surface area (Å²) in [5.74, 6) is 0.552. The quantitative estimate of drug-likeness (QED) is 0.249. The van der Waals surface area contributed by atoms with E-state index in [1.165, 1.54) is 23.9 Å². The third kappa shape index (κ3) is 6.12. The van der Waals surface area contributed by atoms with E-state index in [1.54, 1.807) is 24.4 Å². The molecule has 3 rings (SSSR count). The number of hydrazone groups is 1. The van der Waals surface area contributed by atoms with Crippen molar-refractivity contribution in [3.05, 3.63) is 91.2 Å². The van der Waals surface area contributed by atoms with Crippen LogP contribution in [-0.4, -0.2) is 27.4 Å². The molecule has 0 unspecified atom stereocenters. The number of nitro groups is 1. The van der Waals surface area contributed by atoms with Crippen molar-refractivity contribution >= 4 is 52.8 Å². The number of halogens is 2. The minimum atomic E-state index is -0.441. The predicted octanol–water partition coefficient (Wildman–Crippen LogP) is 5.69. The number of carbonyl (C=O) groups excluding carboxylic acids is 1. The van der Waals surface area contributed by atoms with Gasteiger partial charge in [0.1, 0.15) is 0 Å². The molecule has 2 aromatic carbocycles. The normalized spacial score (nSPS) is 11.1. The summed E-state index contributed by atoms with van der Waals surface area (Å²) >= 11 is 13.7. The van der Waals surface area contributed by atoms with Crippen molar-refractivity contribution in [1.29, 1.82) is 0 Å². The topological polar surface area (TPSA) is 89.5 Å². The van der Waals surface area contributed by atoms with Crippen molar-refractivity contribution in [2.75, 3.05) is 5.75 Å². The van der Waals surface area contributed by atoms with E-state index in [1.807, 2.05) is 36.6 Å². The average molecular weight is 491 g/mol. The SMILES string of the molecule is Cc1cc(/C=N\NC(=O)CSCc2ccc([N+](=O)[O-])cc2)c(C)n1-c1cc(Cl)cc(Cl)c1. The van der Waals surface area contributed by atoms with Gasteiger partial charge in [-0.1, -0.05) is 35.3 Å². The van der Waals surface area contributed by atoms with Crippen LogP contribution in [0.1, 0.15) is 22.5 Å². The van der Waals surface area contributed by atoms with E-state index >= 15 is 0 Å². The number of amides is 1. The van der Waals surface area contributed by atoms with Gasteiger partial charge in [0, 0.05) is 50.6 Å². The molecule has 1 heterocycles. The molecule has 0 bridgehead atoms. The Labute approximate surface area is 199 Å². The van der Waals surface area contributed by atoms with E-state index < -0.39 is 4.92 Å². The third-order valence-corrected chi connectivity index (χ3v) is 6.06. The first kappa shape index (κ1) is 23.8. The molecule has 1 N–H and O–H groups in total. The first-order chi connectivity index (χ1) is 15.2. The van der Waals surface area contributed by atoms with Crippen LogP contribution in [0.3, 0.4) is 0 Å². The number of carbonyl (C=O) groups is 1. The molecule has 0 atom stereocenters. The van der Waals surface area contributed by atoms with E-state index in [0.717, 1.165) is 28.2 Å². The minimum absolute atomic E-state index is 0.0450. The van der Waals surface area contributed by atoms with Gasteiger partial charge in [0.2, 0.25) is 5.91 Å². The van der Waals surface area contributed by atoms with Crippen LogP contribution in [0.15, 0.2) is 53.6 Å². The summed E-state index contributed by atoms with van der Waals surface area (Å²) in [6.45, 7) is 3.91. The first-order valence-corrected chi connectivity index (χ1v) is 11.4. The molecule has 1 aromatic heterocycles. The Morgan fingerprint density at radius 2 is 1.81 bits per heavy atom. The molecule has 0 radical (unpaired) electrons. The molecular formula is C22H20Cl2N4O3S. The monoisotopic (exact) mass is 490 g/mol. The number of rotatable bonds is 8. The lowest BCUT2D eigenvalue weighted by atomic mass is 10.2. The van der Waals surface area contributed by atoms with Crippen molar-refractivity contribution in [2.24, 2.45) is 5.10 Å². The van der Waals surface area contributed by atoms with Crippen molar-refractivity contribution in [3.63, 3.8) is 0 Å². The first-order valence-electron chi connectivity index (χ1n) is 9.53. The Bertz CT molecular complexity index is 1160. The van der Waals surface area contributed by atoms with Crippen LogP contribution in [0, 0.1) is 24.0 Å². The van der Waals surface area contributed by atoms with Crippen LogP contribution < -0.4 is 5.43 Å². The van der Waals surface area contributed by atoms with Crippen molar-refractivity contribution in [2.45, 2.75) is 19.6 Å². The van der Waals surface area contributed by atoms with Crippen LogP contribution in [0.4, 0.5) is 5.69 Å². The number of nitrogens with one attached hydrogen (secondary N) is 1. The summed E-state index contributed by atoms with van der Waals surface area (Å²) in [4.78, 5) is 22.3. The molecule has 0 spiro atoms. The zero-order valence-electron chi connectivity index (χ0n) is 17.3. The van der Waals surface area contributed by atoms with Crippen LogP contribution in [0.2, 0.25) is 10.0 Å². The van der Waals surface area contributed by atoms with Gasteiger partial charge in [-0.05, 0) is 43.7 Å². The van der Waals surface area contributed by atoms with E-state index in [9.17, 15) is 14.9 Å². The fraction of sp³-hybridized carbons (Fsp3) is 0.182. The van der Waals surface area contributed by atoms with Gasteiger partial charge in [-0.15, -0.1) is 11.8 Å². The number of aryl methyl sites for hydroxylation is 1. The molecule has 32 heavy (non-hydrogen) atoms. The number of nitrogens with zero attached hydrogens (tertiary/aromatic N) is 3. The zero-order chi connectivity index (χ0) is 23.3. The highest BCUT2D eigenvalue weighted by Gasteiger charge is 2.11. The molecule has 166 valence electrons. The fourth-order valence-corrected chi connectivity index (χ4v) is 4.46. The Kier molecular flexibility index (Phi) is 7.95. The van der Waals surface area contributed by atoms with Crippen LogP contribution in [-0.2, 0) is 10.5 Å². The number of aromatic nitrogens is 1. The lowest BCUT2D eigenvalue weighted by molar-refractivity contribution is -0.384. The summed E-state index contributed by atoms with van der Waals surface area (Å²) in [6.07, 6.45) is 1.60. The van der Waals surface area contributed by atoms with Gasteiger partial charge in [-0.25, -0.2) is 5.43 Å². The second-order valence-corrected chi connectivity index (χ2v) is 8.86. The van der Waals surface area contributed by atoms with Gasteiger partial charge >= 0.3 is 0 Å². The summed E-state index contributed by atoms with van der Waals surface area (Å²) < 4.78 is 2.01. The second kappa shape index (κ2) is 10.7. The molecule has 0 aliphatic rings. The third-order valence-electron chi connectivity index (χ3n) is 4.62. The summed E-state index contributed by atoms with van der Waals surface area (Å²) in [5, 5.41) is 15.8. The van der Waals surface area contributed by atoms with Gasteiger partial charge in [0.05, 0.1) is 16.9 Å². The van der Waals surface area contributed by atoms with Crippen LogP contribution in [0.5, 0.6) is 0 Å². The highest BCUT2D eigenvalue weighted by Crippen LogP contribution is 2.26. The van der Waals surface area contributed by atoms with Crippen LogP contribution >= 0.6 is 35.0 Å². The Morgan fingerprint density at radius 1 is 1.16 bits per heavy atom. The van der Waals surface area contributed by atoms with Crippen molar-refractivity contribution in [3.8, 4) is 5.69 Å². The van der Waals surface area contributed by atoms with Gasteiger partial charge in [-0.3, -0.25) is 14.9 Å². The number of thioether (sulfide) groups is 1. The molecule has 0 saturated heterocycles. The molecule has 0 saturated carbocycles. The highest BCUT2D eigenvalue weighted by atomic mass is 35.5. The zero-order valence-corrected chi connectivity index (χ0v) is 19.7. The number of hydrogen-bond acceptors (Lipinski definition) is 5. The number of benzene rings is 2. The fourth-order valence-electron chi connectivity index (χ4n) is 3.17. The number of non-ortho nitro benzene ring substituents is 1. The van der Waals surface area contributed by atoms with Gasteiger partial charge in [0.15, 0.2) is 0 Å². The molecule has 10 heteroatoms. The molecular weight excluding hydrogens is 471 g/mol. The molecule has 7 nitrogen and oxygen atoms in total. The van der Waals surface area contributed by atoms with E-state index in [-0.39, 0.29) is 17.3 Å². The minimum Gasteiger partial charge on any atom is -0.318 e. The maximum atomic E-state index is 12.1. The van der Waals surface area contributed by atoms with Gasteiger partial charge < -0.3 is 4.57 Å². The average Bonchev–Trinajstić information content (AvgIpc) is 3.01. The number of nitro benzene ring substituents is 1. The summed E-state index contributed by atoms with van der Waals surface area (Å²) in [6, 6.07) is 13.6. The number of hydrogen-bond donors (Lipinski definition) is 1. The van der Waals surface area contributed by atoms with Gasteiger partial charge in [0.25, 0.3) is 5.69 Å². The van der Waals surface area contributed by atoms with E-state index in [4.69, 9.17) is 23.2 Å². The maximum Gasteiger partial charge on any atom is 0.269 e. The van der Waals surface area contributed by atoms with Crippen molar-refractivity contribution in [1.82, 2.24) is 9.99 Å². The van der Waals surface area contributed by atoms with E-state index in [2.05, 4.69) is 10.5 Å². The van der Waals surface area contributed by atoms with E-state index in [0.29, 0.717) is 15.8 Å². The Balaban J connectivity index is 1.55. The highest BCUT2D eigenvalue weighted by molar-refractivity contribution is 7.99. The predicted molar refractivity (Wildman–Crippen MR) is 130 cm³/mol. The van der Waals surface area contributed by atoms with Crippen molar-refractivity contribution < 1.29 is 9.72 Å². The summed E-state index contributed by atoms with van der Waals surface area (Å²) in [7, 11) is 0. The Hall–Kier alpha value is -2.81. The standard InChI is InChI=1S/C22H20Cl2N4O3S/c1-14-7-17(15(2)27(14)21-9-18(23)8-19(24)10-21)11-25-26-22(29)13-32-12-16-3-5-20(6-4-16)28(30)31/h3-11H,12-13H2,1-2H3,(H,26,29)/b25-11-. The lowest BCUT2D eigenvalue weighted by Gasteiger charge is -2.10. The smallest absolute Gasteiger partial charge is 0.269 e. The molecule has 1 amide bonds. The largest absolute Gasteiger partial charge is 0.318 e. The maximum absolute atomic E-state index is 12.1. The molecule has 3 aromatic rings. The molecule has 0 aliphatic carbocycles.